The predicted molar refractivity (Wildman–Crippen MR) is 142 cm³/mol. The zero-order valence-corrected chi connectivity index (χ0v) is 20.0. The molecule has 0 unspecified atom stereocenters. The van der Waals surface area contributed by atoms with Gasteiger partial charge in [0.15, 0.2) is 0 Å². The highest BCUT2D eigenvalue weighted by molar-refractivity contribution is 9.10. The van der Waals surface area contributed by atoms with Crippen molar-refractivity contribution in [3.63, 3.8) is 0 Å². The minimum absolute atomic E-state index is 0.294. The van der Waals surface area contributed by atoms with Gasteiger partial charge in [-0.1, -0.05) is 72.8 Å². The van der Waals surface area contributed by atoms with Gasteiger partial charge in [0, 0.05) is 5.56 Å². The van der Waals surface area contributed by atoms with Crippen LogP contribution in [0.15, 0.2) is 113 Å². The molecule has 5 aromatic rings. The van der Waals surface area contributed by atoms with Crippen LogP contribution in [-0.4, -0.2) is 18.1 Å². The summed E-state index contributed by atoms with van der Waals surface area (Å²) in [6.07, 6.45) is 1.53. The number of esters is 1. The molecule has 170 valence electrons. The van der Waals surface area contributed by atoms with E-state index in [4.69, 9.17) is 4.74 Å². The molecule has 0 aromatic heterocycles. The molecule has 6 heteroatoms. The van der Waals surface area contributed by atoms with E-state index < -0.39 is 5.97 Å². The van der Waals surface area contributed by atoms with Crippen molar-refractivity contribution in [2.45, 2.75) is 0 Å². The van der Waals surface area contributed by atoms with Gasteiger partial charge in [0.1, 0.15) is 5.75 Å². The number of fused-ring (bicyclic) bond motifs is 2. The lowest BCUT2D eigenvalue weighted by Gasteiger charge is -2.09. The van der Waals surface area contributed by atoms with Crippen LogP contribution in [0, 0.1) is 0 Å². The Morgan fingerprint density at radius 3 is 2.03 bits per heavy atom. The fourth-order valence-electron chi connectivity index (χ4n) is 3.89. The number of nitrogens with zero attached hydrogens (tertiary/aromatic N) is 1. The molecule has 0 saturated heterocycles. The molecule has 1 N–H and O–H groups in total. The number of ether oxygens (including phenoxy) is 1. The summed E-state index contributed by atoms with van der Waals surface area (Å²) in [4.78, 5) is 25.5. The Hall–Kier alpha value is -4.29. The third-order valence-electron chi connectivity index (χ3n) is 5.58. The second-order valence-corrected chi connectivity index (χ2v) is 8.69. The lowest BCUT2D eigenvalue weighted by molar-refractivity contribution is 0.0735. The average molecular weight is 523 g/mol. The molecular formula is C29H19BrN2O3. The SMILES string of the molecule is O=C(N/N=C\c1ccc(OC(=O)c2cccc3ccccc23)c(Br)c1)c1cccc2ccccc12. The second kappa shape index (κ2) is 9.91. The van der Waals surface area contributed by atoms with E-state index in [0.29, 0.717) is 21.3 Å². The minimum atomic E-state index is -0.439. The van der Waals surface area contributed by atoms with Gasteiger partial charge in [0.05, 0.1) is 16.3 Å². The first-order valence-electron chi connectivity index (χ1n) is 10.9. The molecule has 0 fully saturated rings. The van der Waals surface area contributed by atoms with Crippen molar-refractivity contribution in [2.75, 3.05) is 0 Å². The Balaban J connectivity index is 1.28. The number of halogens is 1. The molecule has 5 nitrogen and oxygen atoms in total. The smallest absolute Gasteiger partial charge is 0.344 e. The predicted octanol–water partition coefficient (Wildman–Crippen LogP) is 6.74. The van der Waals surface area contributed by atoms with E-state index in [1.807, 2.05) is 72.8 Å². The van der Waals surface area contributed by atoms with Crippen molar-refractivity contribution in [2.24, 2.45) is 5.10 Å². The quantitative estimate of drug-likeness (QED) is 0.120. The van der Waals surface area contributed by atoms with Gasteiger partial charge in [-0.2, -0.15) is 5.10 Å². The van der Waals surface area contributed by atoms with Crippen molar-refractivity contribution in [3.05, 3.63) is 124 Å². The maximum absolute atomic E-state index is 12.8. The molecule has 0 bridgehead atoms. The summed E-state index contributed by atoms with van der Waals surface area (Å²) in [5, 5.41) is 7.74. The molecule has 5 rings (SSSR count). The number of hydrogen-bond donors (Lipinski definition) is 1. The number of rotatable bonds is 5. The fourth-order valence-corrected chi connectivity index (χ4v) is 4.36. The van der Waals surface area contributed by atoms with Crippen molar-refractivity contribution in [3.8, 4) is 5.75 Å². The first-order chi connectivity index (χ1) is 17.1. The Labute approximate surface area is 210 Å². The van der Waals surface area contributed by atoms with Gasteiger partial charge >= 0.3 is 5.97 Å². The van der Waals surface area contributed by atoms with E-state index in [0.717, 1.165) is 27.1 Å². The number of carbonyl (C=O) groups is 2. The first-order valence-corrected chi connectivity index (χ1v) is 11.7. The van der Waals surface area contributed by atoms with E-state index in [-0.39, 0.29) is 5.91 Å². The summed E-state index contributed by atoms with van der Waals surface area (Å²) in [5.74, 6) is -0.344. The molecular weight excluding hydrogens is 504 g/mol. The Kier molecular flexibility index (Phi) is 6.37. The number of hydrazone groups is 1. The number of benzene rings is 5. The fraction of sp³-hybridized carbons (Fsp3) is 0. The lowest BCUT2D eigenvalue weighted by atomic mass is 10.0. The van der Waals surface area contributed by atoms with E-state index >= 15 is 0 Å². The van der Waals surface area contributed by atoms with Crippen molar-refractivity contribution in [1.29, 1.82) is 0 Å². The molecule has 0 aliphatic heterocycles. The molecule has 0 radical (unpaired) electrons. The largest absolute Gasteiger partial charge is 0.422 e. The van der Waals surface area contributed by atoms with E-state index in [1.54, 1.807) is 30.3 Å². The molecule has 0 heterocycles. The van der Waals surface area contributed by atoms with Crippen LogP contribution in [0.5, 0.6) is 5.75 Å². The Morgan fingerprint density at radius 1 is 0.743 bits per heavy atom. The standard InChI is InChI=1S/C29H19BrN2O3/c30-26-17-19(18-31-32-28(33)24-13-5-9-20-7-1-3-11-22(20)24)15-16-27(26)35-29(34)25-14-6-10-21-8-2-4-12-23(21)25/h1-18H,(H,32,33)/b31-18-. The van der Waals surface area contributed by atoms with Gasteiger partial charge in [0.25, 0.3) is 5.91 Å². The molecule has 35 heavy (non-hydrogen) atoms. The van der Waals surface area contributed by atoms with Gasteiger partial charge in [-0.15, -0.1) is 0 Å². The minimum Gasteiger partial charge on any atom is -0.422 e. The van der Waals surface area contributed by atoms with E-state index in [1.165, 1.54) is 6.21 Å². The highest BCUT2D eigenvalue weighted by Crippen LogP contribution is 2.28. The van der Waals surface area contributed by atoms with Gasteiger partial charge in [0.2, 0.25) is 0 Å². The lowest BCUT2D eigenvalue weighted by Crippen LogP contribution is -2.17. The summed E-state index contributed by atoms with van der Waals surface area (Å²) in [6.45, 7) is 0. The van der Waals surface area contributed by atoms with Crippen molar-refractivity contribution in [1.82, 2.24) is 5.43 Å². The van der Waals surface area contributed by atoms with Gasteiger partial charge in [-0.3, -0.25) is 4.79 Å². The third-order valence-corrected chi connectivity index (χ3v) is 6.20. The van der Waals surface area contributed by atoms with Crippen LogP contribution < -0.4 is 10.2 Å². The highest BCUT2D eigenvalue weighted by Gasteiger charge is 2.14. The molecule has 0 saturated carbocycles. The molecule has 0 spiro atoms. The average Bonchev–Trinajstić information content (AvgIpc) is 2.89. The summed E-state index contributed by atoms with van der Waals surface area (Å²) >= 11 is 3.46. The third kappa shape index (κ3) is 4.83. The molecule has 0 aliphatic carbocycles. The van der Waals surface area contributed by atoms with Crippen molar-refractivity contribution < 1.29 is 14.3 Å². The van der Waals surface area contributed by atoms with Gasteiger partial charge < -0.3 is 4.74 Å². The van der Waals surface area contributed by atoms with Crippen LogP contribution in [0.4, 0.5) is 0 Å². The van der Waals surface area contributed by atoms with Crippen LogP contribution in [-0.2, 0) is 0 Å². The zero-order chi connectivity index (χ0) is 24.2. The van der Waals surface area contributed by atoms with Crippen LogP contribution in [0.2, 0.25) is 0 Å². The molecule has 0 aliphatic rings. The van der Waals surface area contributed by atoms with E-state index in [2.05, 4.69) is 26.5 Å². The Morgan fingerprint density at radius 2 is 1.34 bits per heavy atom. The van der Waals surface area contributed by atoms with Crippen molar-refractivity contribution >= 4 is 55.6 Å². The second-order valence-electron chi connectivity index (χ2n) is 7.83. The van der Waals surface area contributed by atoms with Gasteiger partial charge in [-0.05, 0) is 73.4 Å². The summed E-state index contributed by atoms with van der Waals surface area (Å²) in [7, 11) is 0. The molecule has 0 atom stereocenters. The number of carbonyl (C=O) groups excluding carboxylic acids is 2. The monoisotopic (exact) mass is 522 g/mol. The zero-order valence-electron chi connectivity index (χ0n) is 18.4. The molecule has 5 aromatic carbocycles. The van der Waals surface area contributed by atoms with Crippen LogP contribution in [0.3, 0.4) is 0 Å². The number of amides is 1. The van der Waals surface area contributed by atoms with Gasteiger partial charge in [-0.25, -0.2) is 10.2 Å². The number of hydrogen-bond acceptors (Lipinski definition) is 4. The van der Waals surface area contributed by atoms with Crippen LogP contribution >= 0.6 is 15.9 Å². The van der Waals surface area contributed by atoms with Crippen LogP contribution in [0.25, 0.3) is 21.5 Å². The maximum Gasteiger partial charge on any atom is 0.344 e. The summed E-state index contributed by atoms with van der Waals surface area (Å²) in [5.41, 5.74) is 4.35. The molecule has 1 amide bonds. The maximum atomic E-state index is 12.8. The number of nitrogens with one attached hydrogen (secondary N) is 1. The topological polar surface area (TPSA) is 67.8 Å². The first kappa shape index (κ1) is 22.5. The normalized spacial score (nSPS) is 11.1. The highest BCUT2D eigenvalue weighted by atomic mass is 79.9. The summed E-state index contributed by atoms with van der Waals surface area (Å²) < 4.78 is 6.23. The van der Waals surface area contributed by atoms with Crippen LogP contribution in [0.1, 0.15) is 26.3 Å². The Bertz CT molecular complexity index is 1600. The van der Waals surface area contributed by atoms with E-state index in [9.17, 15) is 9.59 Å². The summed E-state index contributed by atoms with van der Waals surface area (Å²) in [6, 6.07) is 31.7.